The Hall–Kier alpha value is -0.180. The van der Waals surface area contributed by atoms with E-state index >= 15 is 0 Å². The minimum atomic E-state index is -1.34. The molecule has 0 radical (unpaired) electrons. The average molecular weight is 164 g/mol. The first-order valence-electron chi connectivity index (χ1n) is 4.14. The molecule has 0 aliphatic heterocycles. The largest absolute Gasteiger partial charge is 0.396 e. The molecular formula is C8H14F2O. The summed E-state index contributed by atoms with van der Waals surface area (Å²) in [6, 6.07) is 0. The van der Waals surface area contributed by atoms with Gasteiger partial charge in [-0.3, -0.25) is 0 Å². The molecule has 1 rings (SSSR count). The van der Waals surface area contributed by atoms with Crippen LogP contribution in [0.5, 0.6) is 0 Å². The van der Waals surface area contributed by atoms with Crippen LogP contribution >= 0.6 is 0 Å². The van der Waals surface area contributed by atoms with Crippen molar-refractivity contribution in [2.24, 2.45) is 5.92 Å². The first kappa shape index (κ1) is 8.91. The zero-order chi connectivity index (χ0) is 8.27. The quantitative estimate of drug-likeness (QED) is 0.660. The van der Waals surface area contributed by atoms with E-state index in [2.05, 4.69) is 0 Å². The van der Waals surface area contributed by atoms with Crippen LogP contribution in [0.3, 0.4) is 0 Å². The summed E-state index contributed by atoms with van der Waals surface area (Å²) in [7, 11) is 0. The summed E-state index contributed by atoms with van der Waals surface area (Å²) in [5, 5.41) is 8.53. The van der Waals surface area contributed by atoms with Gasteiger partial charge in [0.1, 0.15) is 12.3 Å². The minimum Gasteiger partial charge on any atom is -0.396 e. The molecule has 3 unspecified atom stereocenters. The Morgan fingerprint density at radius 3 is 2.64 bits per heavy atom. The second-order valence-corrected chi connectivity index (χ2v) is 3.16. The summed E-state index contributed by atoms with van der Waals surface area (Å²) >= 11 is 0. The average Bonchev–Trinajstić information content (AvgIpc) is 1.99. The molecule has 1 nitrogen and oxygen atoms in total. The number of alkyl halides is 2. The minimum absolute atomic E-state index is 0.0300. The van der Waals surface area contributed by atoms with Crippen molar-refractivity contribution in [3.05, 3.63) is 0 Å². The Morgan fingerprint density at radius 2 is 2.00 bits per heavy atom. The molecule has 1 aliphatic carbocycles. The van der Waals surface area contributed by atoms with Crippen molar-refractivity contribution < 1.29 is 13.9 Å². The van der Waals surface area contributed by atoms with Gasteiger partial charge in [-0.25, -0.2) is 8.78 Å². The van der Waals surface area contributed by atoms with Crippen LogP contribution in [0.2, 0.25) is 0 Å². The lowest BCUT2D eigenvalue weighted by molar-refractivity contribution is 0.0535. The fourth-order valence-electron chi connectivity index (χ4n) is 1.66. The summed E-state index contributed by atoms with van der Waals surface area (Å²) in [5.41, 5.74) is 0. The SMILES string of the molecule is OCCC1CCCC(F)C1F. The first-order valence-corrected chi connectivity index (χ1v) is 4.14. The molecule has 11 heavy (non-hydrogen) atoms. The van der Waals surface area contributed by atoms with Crippen LogP contribution in [0.4, 0.5) is 8.78 Å². The van der Waals surface area contributed by atoms with Crippen molar-refractivity contribution in [2.75, 3.05) is 6.61 Å². The second-order valence-electron chi connectivity index (χ2n) is 3.16. The second kappa shape index (κ2) is 4.00. The van der Waals surface area contributed by atoms with Crippen molar-refractivity contribution in [1.29, 1.82) is 0 Å². The van der Waals surface area contributed by atoms with Gasteiger partial charge in [0.2, 0.25) is 0 Å². The lowest BCUT2D eigenvalue weighted by Gasteiger charge is -2.27. The molecule has 1 saturated carbocycles. The number of rotatable bonds is 2. The molecule has 3 atom stereocenters. The maximum Gasteiger partial charge on any atom is 0.134 e. The summed E-state index contributed by atoms with van der Waals surface area (Å²) in [6.45, 7) is -0.0300. The van der Waals surface area contributed by atoms with Crippen LogP contribution in [-0.2, 0) is 0 Å². The van der Waals surface area contributed by atoms with Crippen LogP contribution in [0.1, 0.15) is 25.7 Å². The highest BCUT2D eigenvalue weighted by molar-refractivity contribution is 4.81. The molecule has 66 valence electrons. The number of hydrogen-bond donors (Lipinski definition) is 1. The first-order chi connectivity index (χ1) is 5.25. The van der Waals surface area contributed by atoms with Gasteiger partial charge in [0.05, 0.1) is 0 Å². The van der Waals surface area contributed by atoms with Crippen molar-refractivity contribution >= 4 is 0 Å². The van der Waals surface area contributed by atoms with Crippen LogP contribution in [0.25, 0.3) is 0 Å². The van der Waals surface area contributed by atoms with E-state index in [1.165, 1.54) is 0 Å². The van der Waals surface area contributed by atoms with Gasteiger partial charge in [-0.15, -0.1) is 0 Å². The fourth-order valence-corrected chi connectivity index (χ4v) is 1.66. The highest BCUT2D eigenvalue weighted by atomic mass is 19.2. The summed E-state index contributed by atoms with van der Waals surface area (Å²) in [4.78, 5) is 0. The predicted molar refractivity (Wildman–Crippen MR) is 38.8 cm³/mol. The molecule has 0 aromatic carbocycles. The number of halogens is 2. The Morgan fingerprint density at radius 1 is 1.27 bits per heavy atom. The van der Waals surface area contributed by atoms with Crippen molar-refractivity contribution in [1.82, 2.24) is 0 Å². The molecule has 0 saturated heterocycles. The number of aliphatic hydroxyl groups excluding tert-OH is 1. The molecular weight excluding hydrogens is 150 g/mol. The van der Waals surface area contributed by atoms with E-state index in [0.717, 1.165) is 12.8 Å². The van der Waals surface area contributed by atoms with E-state index in [1.54, 1.807) is 0 Å². The van der Waals surface area contributed by atoms with Gasteiger partial charge in [-0.1, -0.05) is 6.42 Å². The normalized spacial score (nSPS) is 39.0. The van der Waals surface area contributed by atoms with E-state index in [9.17, 15) is 8.78 Å². The highest BCUT2D eigenvalue weighted by Crippen LogP contribution is 2.31. The van der Waals surface area contributed by atoms with Gasteiger partial charge >= 0.3 is 0 Å². The maximum absolute atomic E-state index is 12.9. The molecule has 0 heterocycles. The van der Waals surface area contributed by atoms with E-state index in [0.29, 0.717) is 12.8 Å². The van der Waals surface area contributed by atoms with E-state index < -0.39 is 12.3 Å². The third kappa shape index (κ3) is 2.12. The molecule has 0 amide bonds. The third-order valence-corrected chi connectivity index (χ3v) is 2.35. The molecule has 0 bridgehead atoms. The molecule has 0 aromatic rings. The monoisotopic (exact) mass is 164 g/mol. The van der Waals surface area contributed by atoms with E-state index in [1.807, 2.05) is 0 Å². The zero-order valence-electron chi connectivity index (χ0n) is 6.47. The Labute approximate surface area is 65.4 Å². The van der Waals surface area contributed by atoms with Crippen LogP contribution in [-0.4, -0.2) is 24.1 Å². The smallest absolute Gasteiger partial charge is 0.134 e. The standard InChI is InChI=1S/C8H14F2O/c9-7-3-1-2-6(4-5-11)8(7)10/h6-8,11H,1-5H2. The van der Waals surface area contributed by atoms with E-state index in [-0.39, 0.29) is 12.5 Å². The Balaban J connectivity index is 2.38. The highest BCUT2D eigenvalue weighted by Gasteiger charge is 2.32. The maximum atomic E-state index is 12.9. The Bertz CT molecular complexity index is 117. The summed E-state index contributed by atoms with van der Waals surface area (Å²) < 4.78 is 25.6. The van der Waals surface area contributed by atoms with Gasteiger partial charge in [-0.05, 0) is 25.2 Å². The fraction of sp³-hybridized carbons (Fsp3) is 1.00. The van der Waals surface area contributed by atoms with Gasteiger partial charge in [0.15, 0.2) is 0 Å². The van der Waals surface area contributed by atoms with Crippen LogP contribution in [0.15, 0.2) is 0 Å². The molecule has 1 fully saturated rings. The molecule has 0 spiro atoms. The number of hydrogen-bond acceptors (Lipinski definition) is 1. The summed E-state index contributed by atoms with van der Waals surface area (Å²) in [6.07, 6.45) is -0.393. The van der Waals surface area contributed by atoms with Gasteiger partial charge in [0, 0.05) is 6.61 Å². The topological polar surface area (TPSA) is 20.2 Å². The van der Waals surface area contributed by atoms with Crippen LogP contribution < -0.4 is 0 Å². The van der Waals surface area contributed by atoms with Crippen molar-refractivity contribution in [3.8, 4) is 0 Å². The lowest BCUT2D eigenvalue weighted by atomic mass is 9.84. The van der Waals surface area contributed by atoms with Crippen molar-refractivity contribution in [2.45, 2.75) is 38.0 Å². The van der Waals surface area contributed by atoms with Crippen molar-refractivity contribution in [3.63, 3.8) is 0 Å². The number of aliphatic hydroxyl groups is 1. The molecule has 0 aromatic heterocycles. The molecule has 1 N–H and O–H groups in total. The van der Waals surface area contributed by atoms with Gasteiger partial charge in [0.25, 0.3) is 0 Å². The van der Waals surface area contributed by atoms with Crippen LogP contribution in [0, 0.1) is 5.92 Å². The van der Waals surface area contributed by atoms with Gasteiger partial charge in [-0.2, -0.15) is 0 Å². The van der Waals surface area contributed by atoms with Gasteiger partial charge < -0.3 is 5.11 Å². The Kier molecular flexibility index (Phi) is 3.24. The molecule has 1 aliphatic rings. The zero-order valence-corrected chi connectivity index (χ0v) is 6.47. The summed E-state index contributed by atoms with van der Waals surface area (Å²) in [5.74, 6) is -0.247. The molecule has 3 heteroatoms. The van der Waals surface area contributed by atoms with E-state index in [4.69, 9.17) is 5.11 Å². The predicted octanol–water partition coefficient (Wildman–Crippen LogP) is 1.85. The lowest BCUT2D eigenvalue weighted by Crippen LogP contribution is -2.31. The third-order valence-electron chi connectivity index (χ3n) is 2.35.